The van der Waals surface area contributed by atoms with E-state index in [0.29, 0.717) is 12.5 Å². The number of hydrogen-bond acceptors (Lipinski definition) is 1. The summed E-state index contributed by atoms with van der Waals surface area (Å²) in [6.07, 6.45) is 2.40. The molecule has 0 aliphatic carbocycles. The molecule has 0 atom stereocenters. The third-order valence-corrected chi connectivity index (χ3v) is 2.54. The maximum atomic E-state index is 8.85. The lowest BCUT2D eigenvalue weighted by Gasteiger charge is -2.36. The lowest BCUT2D eigenvalue weighted by Crippen LogP contribution is -3.00. The zero-order valence-electron chi connectivity index (χ0n) is 7.39. The van der Waals surface area contributed by atoms with Crippen LogP contribution >= 0.6 is 0 Å². The Morgan fingerprint density at radius 1 is 1.27 bits per heavy atom. The predicted octanol–water partition coefficient (Wildman–Crippen LogP) is -2.53. The molecule has 0 amide bonds. The first-order valence-corrected chi connectivity index (χ1v) is 4.07. The van der Waals surface area contributed by atoms with Crippen LogP contribution in [0.5, 0.6) is 0 Å². The molecule has 0 bridgehead atoms. The number of aliphatic hydroxyl groups is 1. The van der Waals surface area contributed by atoms with Crippen molar-refractivity contribution in [1.29, 1.82) is 0 Å². The molecule has 1 aliphatic rings. The molecule has 0 aromatic rings. The van der Waals surface area contributed by atoms with E-state index in [9.17, 15) is 0 Å². The fourth-order valence-electron chi connectivity index (χ4n) is 1.50. The van der Waals surface area contributed by atoms with Crippen LogP contribution in [0.1, 0.15) is 12.8 Å². The first-order chi connectivity index (χ1) is 4.64. The molecule has 1 rings (SSSR count). The average Bonchev–Trinajstić information content (AvgIpc) is 1.88. The molecule has 1 heterocycles. The van der Waals surface area contributed by atoms with Crippen molar-refractivity contribution in [3.63, 3.8) is 0 Å². The SMILES string of the molecule is C[N+]1(C)CCC(CO)CC1.[Br-]. The average molecular weight is 224 g/mol. The van der Waals surface area contributed by atoms with E-state index in [2.05, 4.69) is 14.1 Å². The van der Waals surface area contributed by atoms with Gasteiger partial charge >= 0.3 is 0 Å². The second kappa shape index (κ2) is 4.43. The molecule has 1 fully saturated rings. The molecule has 1 N–H and O–H groups in total. The van der Waals surface area contributed by atoms with Crippen molar-refractivity contribution in [2.45, 2.75) is 12.8 Å². The van der Waals surface area contributed by atoms with Gasteiger partial charge in [0.05, 0.1) is 27.2 Å². The maximum absolute atomic E-state index is 8.85. The van der Waals surface area contributed by atoms with Crippen LogP contribution in [-0.4, -0.2) is 43.4 Å². The predicted molar refractivity (Wildman–Crippen MR) is 41.7 cm³/mol. The van der Waals surface area contributed by atoms with Crippen LogP contribution in [0, 0.1) is 5.92 Å². The molecule has 68 valence electrons. The van der Waals surface area contributed by atoms with Crippen molar-refractivity contribution in [2.75, 3.05) is 33.8 Å². The van der Waals surface area contributed by atoms with Crippen molar-refractivity contribution in [3.05, 3.63) is 0 Å². The summed E-state index contributed by atoms with van der Waals surface area (Å²) >= 11 is 0. The fourth-order valence-corrected chi connectivity index (χ4v) is 1.50. The maximum Gasteiger partial charge on any atom is 0.0786 e. The Labute approximate surface area is 79.6 Å². The van der Waals surface area contributed by atoms with Gasteiger partial charge in [-0.15, -0.1) is 0 Å². The van der Waals surface area contributed by atoms with Crippen LogP contribution < -0.4 is 17.0 Å². The summed E-state index contributed by atoms with van der Waals surface area (Å²) < 4.78 is 1.14. The Morgan fingerprint density at radius 2 is 1.73 bits per heavy atom. The minimum Gasteiger partial charge on any atom is -1.00 e. The van der Waals surface area contributed by atoms with Crippen molar-refractivity contribution in [3.8, 4) is 0 Å². The molecule has 0 saturated carbocycles. The topological polar surface area (TPSA) is 20.2 Å². The first kappa shape index (κ1) is 11.4. The number of halogens is 1. The van der Waals surface area contributed by atoms with E-state index in [4.69, 9.17) is 5.11 Å². The van der Waals surface area contributed by atoms with Crippen LogP contribution in [-0.2, 0) is 0 Å². The van der Waals surface area contributed by atoms with Gasteiger partial charge in [-0.2, -0.15) is 0 Å². The minimum absolute atomic E-state index is 0. The molecule has 1 aliphatic heterocycles. The monoisotopic (exact) mass is 223 g/mol. The molecule has 3 heteroatoms. The molecule has 0 spiro atoms. The standard InChI is InChI=1S/C8H18NO.BrH/c1-9(2)5-3-8(7-10)4-6-9;/h8,10H,3-7H2,1-2H3;1H/q+1;/p-1. The minimum atomic E-state index is 0. The molecule has 1 saturated heterocycles. The molecule has 0 aromatic carbocycles. The third kappa shape index (κ3) is 3.54. The first-order valence-electron chi connectivity index (χ1n) is 4.07. The quantitative estimate of drug-likeness (QED) is 0.487. The van der Waals surface area contributed by atoms with Crippen LogP contribution in [0.3, 0.4) is 0 Å². The summed E-state index contributed by atoms with van der Waals surface area (Å²) in [5.74, 6) is 0.589. The van der Waals surface area contributed by atoms with Gasteiger partial charge in [-0.05, 0) is 5.92 Å². The molecule has 0 aromatic heterocycles. The summed E-state index contributed by atoms with van der Waals surface area (Å²) in [7, 11) is 4.52. The number of hydrogen-bond donors (Lipinski definition) is 1. The number of rotatable bonds is 1. The third-order valence-electron chi connectivity index (χ3n) is 2.54. The van der Waals surface area contributed by atoms with Gasteiger partial charge in [0, 0.05) is 19.4 Å². The summed E-state index contributed by atoms with van der Waals surface area (Å²) in [4.78, 5) is 0. The highest BCUT2D eigenvalue weighted by Gasteiger charge is 2.24. The van der Waals surface area contributed by atoms with Gasteiger partial charge in [0.2, 0.25) is 0 Å². The summed E-state index contributed by atoms with van der Waals surface area (Å²) in [6.45, 7) is 2.84. The van der Waals surface area contributed by atoms with Gasteiger partial charge in [0.25, 0.3) is 0 Å². The van der Waals surface area contributed by atoms with Gasteiger partial charge in [-0.1, -0.05) is 0 Å². The number of piperidine rings is 1. The van der Waals surface area contributed by atoms with Crippen molar-refractivity contribution >= 4 is 0 Å². The van der Waals surface area contributed by atoms with Gasteiger partial charge in [0.1, 0.15) is 0 Å². The Kier molecular flexibility index (Phi) is 4.59. The number of nitrogens with zero attached hydrogens (tertiary/aromatic N) is 1. The van der Waals surface area contributed by atoms with E-state index in [-0.39, 0.29) is 17.0 Å². The summed E-state index contributed by atoms with van der Waals surface area (Å²) in [5, 5.41) is 8.85. The highest BCUT2D eigenvalue weighted by molar-refractivity contribution is 4.61. The van der Waals surface area contributed by atoms with Gasteiger partial charge in [-0.25, -0.2) is 0 Å². The van der Waals surface area contributed by atoms with E-state index in [1.54, 1.807) is 0 Å². The fraction of sp³-hybridized carbons (Fsp3) is 1.00. The zero-order chi connectivity index (χ0) is 7.61. The Morgan fingerprint density at radius 3 is 2.09 bits per heavy atom. The van der Waals surface area contributed by atoms with Gasteiger partial charge in [-0.3, -0.25) is 0 Å². The van der Waals surface area contributed by atoms with Gasteiger partial charge in [0.15, 0.2) is 0 Å². The lowest BCUT2D eigenvalue weighted by atomic mass is 9.97. The summed E-state index contributed by atoms with van der Waals surface area (Å²) in [6, 6.07) is 0. The number of quaternary nitrogens is 1. The second-order valence-corrected chi connectivity index (χ2v) is 4.01. The van der Waals surface area contributed by atoms with E-state index in [1.165, 1.54) is 25.9 Å². The molecular weight excluding hydrogens is 206 g/mol. The number of aliphatic hydroxyl groups excluding tert-OH is 1. The van der Waals surface area contributed by atoms with Crippen molar-refractivity contribution in [2.24, 2.45) is 5.92 Å². The van der Waals surface area contributed by atoms with Crippen LogP contribution in [0.25, 0.3) is 0 Å². The van der Waals surface area contributed by atoms with E-state index >= 15 is 0 Å². The highest BCUT2D eigenvalue weighted by Crippen LogP contribution is 2.18. The van der Waals surface area contributed by atoms with Crippen LogP contribution in [0.2, 0.25) is 0 Å². The molecule has 2 nitrogen and oxygen atoms in total. The van der Waals surface area contributed by atoms with Crippen molar-refractivity contribution < 1.29 is 26.6 Å². The summed E-state index contributed by atoms with van der Waals surface area (Å²) in [5.41, 5.74) is 0. The van der Waals surface area contributed by atoms with E-state index < -0.39 is 0 Å². The molecule has 0 unspecified atom stereocenters. The second-order valence-electron chi connectivity index (χ2n) is 4.01. The zero-order valence-corrected chi connectivity index (χ0v) is 8.97. The largest absolute Gasteiger partial charge is 1.00 e. The Bertz CT molecular complexity index is 107. The van der Waals surface area contributed by atoms with Crippen LogP contribution in [0.4, 0.5) is 0 Å². The Balaban J connectivity index is 0.000001000. The number of likely N-dealkylation sites (tertiary alicyclic amines) is 1. The van der Waals surface area contributed by atoms with E-state index in [1.807, 2.05) is 0 Å². The highest BCUT2D eigenvalue weighted by atomic mass is 79.9. The Hall–Kier alpha value is 0.400. The van der Waals surface area contributed by atoms with E-state index in [0.717, 1.165) is 4.48 Å². The molecule has 11 heavy (non-hydrogen) atoms. The molecular formula is C8H18BrNO. The lowest BCUT2D eigenvalue weighted by molar-refractivity contribution is -0.896. The van der Waals surface area contributed by atoms with Crippen LogP contribution in [0.15, 0.2) is 0 Å². The normalized spacial score (nSPS) is 24.3. The molecule has 0 radical (unpaired) electrons. The van der Waals surface area contributed by atoms with Gasteiger partial charge < -0.3 is 26.6 Å². The van der Waals surface area contributed by atoms with Crippen molar-refractivity contribution in [1.82, 2.24) is 0 Å². The smallest absolute Gasteiger partial charge is 0.0786 e.